The van der Waals surface area contributed by atoms with Crippen LogP contribution < -0.4 is 5.84 Å². The van der Waals surface area contributed by atoms with Gasteiger partial charge in [-0.2, -0.15) is 0 Å². The van der Waals surface area contributed by atoms with Gasteiger partial charge in [0.05, 0.1) is 10.6 Å². The molecule has 132 valence electrons. The van der Waals surface area contributed by atoms with E-state index in [-0.39, 0.29) is 5.82 Å². The van der Waals surface area contributed by atoms with Gasteiger partial charge in [-0.05, 0) is 29.1 Å². The van der Waals surface area contributed by atoms with Crippen LogP contribution in [0.25, 0.3) is 10.6 Å². The Bertz CT molecular complexity index is 995. The first kappa shape index (κ1) is 16.8. The zero-order valence-corrected chi connectivity index (χ0v) is 15.1. The zero-order valence-electron chi connectivity index (χ0n) is 13.5. The quantitative estimate of drug-likeness (QED) is 0.401. The summed E-state index contributed by atoms with van der Waals surface area (Å²) in [5.41, 5.74) is 1.72. The number of hydrogen-bond donors (Lipinski definition) is 1. The lowest BCUT2D eigenvalue weighted by Gasteiger charge is -2.03. The van der Waals surface area contributed by atoms with Crippen LogP contribution in [-0.2, 0) is 12.2 Å². The van der Waals surface area contributed by atoms with Crippen molar-refractivity contribution in [1.82, 2.24) is 20.0 Å². The highest BCUT2D eigenvalue weighted by Crippen LogP contribution is 2.27. The number of thiophene rings is 1. The van der Waals surface area contributed by atoms with Crippen molar-refractivity contribution in [2.45, 2.75) is 17.3 Å². The van der Waals surface area contributed by atoms with E-state index in [0.717, 1.165) is 21.9 Å². The Kier molecular flexibility index (Phi) is 4.72. The molecule has 0 aliphatic rings. The van der Waals surface area contributed by atoms with Gasteiger partial charge in [0.1, 0.15) is 5.82 Å². The van der Waals surface area contributed by atoms with E-state index >= 15 is 0 Å². The van der Waals surface area contributed by atoms with Crippen molar-refractivity contribution < 1.29 is 8.91 Å². The van der Waals surface area contributed by atoms with Gasteiger partial charge >= 0.3 is 0 Å². The molecule has 4 aromatic rings. The van der Waals surface area contributed by atoms with Crippen LogP contribution in [0.5, 0.6) is 0 Å². The van der Waals surface area contributed by atoms with Crippen LogP contribution in [0.3, 0.4) is 0 Å². The molecule has 0 spiro atoms. The first-order chi connectivity index (χ1) is 12.7. The minimum Gasteiger partial charge on any atom is -0.355 e. The lowest BCUT2D eigenvalue weighted by molar-refractivity contribution is 0.427. The van der Waals surface area contributed by atoms with Gasteiger partial charge in [-0.15, -0.1) is 21.5 Å². The third kappa shape index (κ3) is 3.63. The van der Waals surface area contributed by atoms with E-state index in [9.17, 15) is 4.39 Å². The third-order valence-electron chi connectivity index (χ3n) is 3.68. The second-order valence-corrected chi connectivity index (χ2v) is 7.41. The molecule has 26 heavy (non-hydrogen) atoms. The van der Waals surface area contributed by atoms with Gasteiger partial charge in [0.2, 0.25) is 5.16 Å². The van der Waals surface area contributed by atoms with Crippen LogP contribution in [0.15, 0.2) is 57.5 Å². The fraction of sp³-hybridized carbons (Fsp3) is 0.118. The maximum Gasteiger partial charge on any atom is 0.210 e. The Morgan fingerprint density at radius 2 is 2.04 bits per heavy atom. The van der Waals surface area contributed by atoms with Crippen molar-refractivity contribution in [3.05, 3.63) is 70.7 Å². The highest BCUT2D eigenvalue weighted by molar-refractivity contribution is 7.98. The molecule has 9 heteroatoms. The van der Waals surface area contributed by atoms with Crippen molar-refractivity contribution >= 4 is 23.1 Å². The zero-order chi connectivity index (χ0) is 17.9. The summed E-state index contributed by atoms with van der Waals surface area (Å²) >= 11 is 3.03. The summed E-state index contributed by atoms with van der Waals surface area (Å²) in [5, 5.41) is 14.9. The van der Waals surface area contributed by atoms with Gasteiger partial charge in [-0.1, -0.05) is 35.1 Å². The van der Waals surface area contributed by atoms with Crippen LogP contribution >= 0.6 is 23.1 Å². The molecule has 0 aliphatic heterocycles. The molecule has 0 atom stereocenters. The lowest BCUT2D eigenvalue weighted by Crippen LogP contribution is -2.14. The number of thioether (sulfide) groups is 1. The highest BCUT2D eigenvalue weighted by Gasteiger charge is 2.13. The minimum atomic E-state index is -0.270. The molecule has 3 heterocycles. The van der Waals surface area contributed by atoms with Crippen LogP contribution in [0, 0.1) is 5.82 Å². The van der Waals surface area contributed by atoms with Crippen molar-refractivity contribution in [2.24, 2.45) is 0 Å². The molecule has 0 radical (unpaired) electrons. The first-order valence-corrected chi connectivity index (χ1v) is 9.61. The maximum absolute atomic E-state index is 13.0. The highest BCUT2D eigenvalue weighted by atomic mass is 32.2. The van der Waals surface area contributed by atoms with E-state index < -0.39 is 0 Å². The van der Waals surface area contributed by atoms with Crippen molar-refractivity contribution in [3.8, 4) is 10.6 Å². The van der Waals surface area contributed by atoms with Crippen LogP contribution in [-0.4, -0.2) is 20.0 Å². The van der Waals surface area contributed by atoms with Crippen LogP contribution in [0.2, 0.25) is 0 Å². The molecule has 6 nitrogen and oxygen atoms in total. The Balaban J connectivity index is 1.41. The smallest absolute Gasteiger partial charge is 0.210 e. The summed E-state index contributed by atoms with van der Waals surface area (Å²) < 4.78 is 19.8. The molecule has 1 aromatic carbocycles. The number of aromatic nitrogens is 4. The molecular formula is C17H14FN5OS2. The molecule has 0 amide bonds. The Morgan fingerprint density at radius 1 is 1.19 bits per heavy atom. The molecule has 0 unspecified atom stereocenters. The number of halogens is 1. The largest absolute Gasteiger partial charge is 0.355 e. The lowest BCUT2D eigenvalue weighted by atomic mass is 10.1. The molecule has 2 N–H and O–H groups in total. The summed E-state index contributed by atoms with van der Waals surface area (Å²) in [4.78, 5) is 1.04. The second-order valence-electron chi connectivity index (χ2n) is 5.52. The van der Waals surface area contributed by atoms with Crippen molar-refractivity contribution in [3.63, 3.8) is 0 Å². The maximum atomic E-state index is 13.0. The normalized spacial score (nSPS) is 11.1. The summed E-state index contributed by atoms with van der Waals surface area (Å²) in [6.45, 7) is 0. The Labute approximate surface area is 156 Å². The molecule has 0 aliphatic carbocycles. The fourth-order valence-corrected chi connectivity index (χ4v) is 3.79. The van der Waals surface area contributed by atoms with E-state index in [1.807, 2.05) is 23.6 Å². The summed E-state index contributed by atoms with van der Waals surface area (Å²) in [6, 6.07) is 12.1. The van der Waals surface area contributed by atoms with Gasteiger partial charge in [-0.3, -0.25) is 0 Å². The predicted molar refractivity (Wildman–Crippen MR) is 98.8 cm³/mol. The topological polar surface area (TPSA) is 82.8 Å². The van der Waals surface area contributed by atoms with E-state index in [1.165, 1.54) is 28.6 Å². The number of nitrogens with two attached hydrogens (primary N) is 1. The molecule has 0 saturated heterocycles. The summed E-state index contributed by atoms with van der Waals surface area (Å²) in [5.74, 6) is 7.74. The number of rotatable bonds is 6. The van der Waals surface area contributed by atoms with Gasteiger partial charge < -0.3 is 10.4 Å². The molecular weight excluding hydrogens is 373 g/mol. The number of hydrogen-bond acceptors (Lipinski definition) is 7. The second kappa shape index (κ2) is 7.30. The SMILES string of the molecule is Nn1c(Cc2ccc(F)cc2)nnc1SCc1cc(-c2cccs2)on1. The average molecular weight is 387 g/mol. The third-order valence-corrected chi connectivity index (χ3v) is 5.54. The Hall–Kier alpha value is -2.65. The van der Waals surface area contributed by atoms with Crippen LogP contribution in [0.4, 0.5) is 4.39 Å². The molecule has 0 bridgehead atoms. The van der Waals surface area contributed by atoms with Crippen LogP contribution in [0.1, 0.15) is 17.1 Å². The van der Waals surface area contributed by atoms with E-state index in [1.54, 1.807) is 23.5 Å². The monoisotopic (exact) mass is 387 g/mol. The first-order valence-electron chi connectivity index (χ1n) is 7.75. The van der Waals surface area contributed by atoms with Gasteiger partial charge in [0.15, 0.2) is 11.6 Å². The van der Waals surface area contributed by atoms with E-state index in [0.29, 0.717) is 23.2 Å². The van der Waals surface area contributed by atoms with E-state index in [2.05, 4.69) is 15.4 Å². The summed E-state index contributed by atoms with van der Waals surface area (Å²) in [6.07, 6.45) is 0.483. The van der Waals surface area contributed by atoms with Gasteiger partial charge in [-0.25, -0.2) is 9.07 Å². The summed E-state index contributed by atoms with van der Waals surface area (Å²) in [7, 11) is 0. The van der Waals surface area contributed by atoms with Crippen molar-refractivity contribution in [2.75, 3.05) is 5.84 Å². The van der Waals surface area contributed by atoms with E-state index in [4.69, 9.17) is 10.4 Å². The number of nitrogens with zero attached hydrogens (tertiary/aromatic N) is 4. The van der Waals surface area contributed by atoms with Gasteiger partial charge in [0.25, 0.3) is 0 Å². The van der Waals surface area contributed by atoms with Gasteiger partial charge in [0, 0.05) is 18.2 Å². The minimum absolute atomic E-state index is 0.270. The molecule has 3 aromatic heterocycles. The number of benzene rings is 1. The molecule has 0 fully saturated rings. The number of nitrogen functional groups attached to an aromatic ring is 1. The molecule has 0 saturated carbocycles. The predicted octanol–water partition coefficient (Wildman–Crippen LogP) is 3.73. The van der Waals surface area contributed by atoms with Crippen molar-refractivity contribution in [1.29, 1.82) is 0 Å². The fourth-order valence-electron chi connectivity index (χ4n) is 2.36. The molecule has 4 rings (SSSR count). The standard InChI is InChI=1S/C17H14FN5OS2/c18-12-5-3-11(4-6-12)8-16-20-21-17(23(16)19)26-10-13-9-14(24-22-13)15-2-1-7-25-15/h1-7,9H,8,10,19H2. The average Bonchev–Trinajstić information content (AvgIpc) is 3.38. The Morgan fingerprint density at radius 3 is 2.81 bits per heavy atom.